The summed E-state index contributed by atoms with van der Waals surface area (Å²) in [6.45, 7) is 1.88. The summed E-state index contributed by atoms with van der Waals surface area (Å²) in [6, 6.07) is 0.685. The minimum atomic E-state index is -0.683. The van der Waals surface area contributed by atoms with Crippen molar-refractivity contribution in [3.05, 3.63) is 0 Å². The summed E-state index contributed by atoms with van der Waals surface area (Å²) in [6.07, 6.45) is 0.276. The van der Waals surface area contributed by atoms with Gasteiger partial charge in [-0.25, -0.2) is 9.69 Å². The summed E-state index contributed by atoms with van der Waals surface area (Å²) in [7, 11) is 0. The maximum Gasteiger partial charge on any atom is 0.325 e. The summed E-state index contributed by atoms with van der Waals surface area (Å²) in [5.41, 5.74) is 0. The van der Waals surface area contributed by atoms with Gasteiger partial charge in [-0.3, -0.25) is 4.79 Å². The predicted octanol–water partition coefficient (Wildman–Crippen LogP) is -0.160. The molecule has 0 aromatic rings. The van der Waals surface area contributed by atoms with Gasteiger partial charge < -0.3 is 5.32 Å². The molecule has 0 aromatic carbocycles. The van der Waals surface area contributed by atoms with Gasteiger partial charge in [0, 0.05) is 13.0 Å². The number of carbonyl (C=O) groups excluding carboxylic acids is 2. The van der Waals surface area contributed by atoms with Crippen LogP contribution in [-0.2, 0) is 4.79 Å². The molecule has 0 radical (unpaired) electrons. The summed E-state index contributed by atoms with van der Waals surface area (Å²) < 4.78 is 0. The first-order valence-corrected chi connectivity index (χ1v) is 3.66. The Balaban J connectivity index is 2.78. The molecule has 1 aliphatic rings. The molecule has 0 saturated carbocycles. The lowest BCUT2D eigenvalue weighted by Gasteiger charge is -2.27. The SMILES string of the molecule is CC(C#N)N1C(=O)CCNC1=O. The monoisotopic (exact) mass is 167 g/mol. The zero-order valence-corrected chi connectivity index (χ0v) is 6.70. The van der Waals surface area contributed by atoms with Crippen LogP contribution in [0, 0.1) is 11.3 Å². The summed E-state index contributed by atoms with van der Waals surface area (Å²) >= 11 is 0. The lowest BCUT2D eigenvalue weighted by Crippen LogP contribution is -2.53. The summed E-state index contributed by atoms with van der Waals surface area (Å²) in [4.78, 5) is 23.1. The van der Waals surface area contributed by atoms with Gasteiger partial charge in [0.2, 0.25) is 5.91 Å². The van der Waals surface area contributed by atoms with Crippen LogP contribution in [0.5, 0.6) is 0 Å². The van der Waals surface area contributed by atoms with Crippen LogP contribution in [0.15, 0.2) is 0 Å². The van der Waals surface area contributed by atoms with Crippen LogP contribution in [-0.4, -0.2) is 29.4 Å². The molecule has 0 bridgehead atoms. The van der Waals surface area contributed by atoms with E-state index in [-0.39, 0.29) is 12.3 Å². The molecule has 1 atom stereocenters. The minimum Gasteiger partial charge on any atom is -0.337 e. The highest BCUT2D eigenvalue weighted by Crippen LogP contribution is 2.05. The Morgan fingerprint density at radius 3 is 2.83 bits per heavy atom. The van der Waals surface area contributed by atoms with Gasteiger partial charge in [0.15, 0.2) is 0 Å². The van der Waals surface area contributed by atoms with Crippen molar-refractivity contribution in [2.75, 3.05) is 6.54 Å². The topological polar surface area (TPSA) is 73.2 Å². The average molecular weight is 167 g/mol. The zero-order chi connectivity index (χ0) is 9.14. The lowest BCUT2D eigenvalue weighted by molar-refractivity contribution is -0.130. The molecule has 1 rings (SSSR count). The Labute approximate surface area is 69.9 Å². The molecule has 1 aliphatic heterocycles. The number of hydrogen-bond donors (Lipinski definition) is 1. The number of imide groups is 1. The van der Waals surface area contributed by atoms with Gasteiger partial charge in [-0.15, -0.1) is 0 Å². The average Bonchev–Trinajstić information content (AvgIpc) is 2.03. The Morgan fingerprint density at radius 2 is 2.33 bits per heavy atom. The number of amides is 3. The molecule has 0 aromatic heterocycles. The first-order valence-electron chi connectivity index (χ1n) is 3.66. The molecule has 0 spiro atoms. The van der Waals surface area contributed by atoms with Crippen LogP contribution in [0.2, 0.25) is 0 Å². The van der Waals surface area contributed by atoms with Gasteiger partial charge in [-0.1, -0.05) is 0 Å². The van der Waals surface area contributed by atoms with E-state index in [0.29, 0.717) is 6.54 Å². The van der Waals surface area contributed by atoms with E-state index < -0.39 is 12.1 Å². The van der Waals surface area contributed by atoms with E-state index in [1.165, 1.54) is 6.92 Å². The highest BCUT2D eigenvalue weighted by Gasteiger charge is 2.29. The van der Waals surface area contributed by atoms with Gasteiger partial charge >= 0.3 is 6.03 Å². The Hall–Kier alpha value is -1.57. The first-order chi connectivity index (χ1) is 5.66. The van der Waals surface area contributed by atoms with Crippen molar-refractivity contribution in [1.29, 1.82) is 5.26 Å². The molecular weight excluding hydrogens is 158 g/mol. The van der Waals surface area contributed by atoms with Crippen LogP contribution in [0.1, 0.15) is 13.3 Å². The quantitative estimate of drug-likeness (QED) is 0.589. The van der Waals surface area contributed by atoms with E-state index in [1.54, 1.807) is 0 Å². The van der Waals surface area contributed by atoms with Crippen molar-refractivity contribution in [2.45, 2.75) is 19.4 Å². The minimum absolute atomic E-state index is 0.276. The number of urea groups is 1. The Kier molecular flexibility index (Phi) is 2.29. The van der Waals surface area contributed by atoms with Crippen molar-refractivity contribution in [2.24, 2.45) is 0 Å². The maximum absolute atomic E-state index is 11.1. The van der Waals surface area contributed by atoms with Crippen LogP contribution < -0.4 is 5.32 Å². The van der Waals surface area contributed by atoms with Gasteiger partial charge in [0.1, 0.15) is 6.04 Å². The Morgan fingerprint density at radius 1 is 1.67 bits per heavy atom. The number of rotatable bonds is 1. The highest BCUT2D eigenvalue weighted by atomic mass is 16.2. The second-order valence-electron chi connectivity index (χ2n) is 2.55. The van der Waals surface area contributed by atoms with Crippen molar-refractivity contribution in [1.82, 2.24) is 10.2 Å². The van der Waals surface area contributed by atoms with Crippen molar-refractivity contribution < 1.29 is 9.59 Å². The number of nitriles is 1. The number of nitrogens with zero attached hydrogens (tertiary/aromatic N) is 2. The summed E-state index contributed by atoms with van der Waals surface area (Å²) in [5.74, 6) is -0.284. The molecule has 0 aliphatic carbocycles. The van der Waals surface area contributed by atoms with Crippen LogP contribution in [0.25, 0.3) is 0 Å². The van der Waals surface area contributed by atoms with Crippen molar-refractivity contribution in [3.63, 3.8) is 0 Å². The fourth-order valence-electron chi connectivity index (χ4n) is 1.04. The number of nitrogens with one attached hydrogen (secondary N) is 1. The smallest absolute Gasteiger partial charge is 0.325 e. The second-order valence-corrected chi connectivity index (χ2v) is 2.55. The van der Waals surface area contributed by atoms with Gasteiger partial charge in [0.25, 0.3) is 0 Å². The fourth-order valence-corrected chi connectivity index (χ4v) is 1.04. The molecule has 1 heterocycles. The Bertz CT molecular complexity index is 240. The molecule has 1 saturated heterocycles. The van der Waals surface area contributed by atoms with E-state index >= 15 is 0 Å². The predicted molar refractivity (Wildman–Crippen MR) is 39.9 cm³/mol. The molecule has 64 valence electrons. The lowest BCUT2D eigenvalue weighted by atomic mass is 10.2. The van der Waals surface area contributed by atoms with Gasteiger partial charge in [0.05, 0.1) is 6.07 Å². The summed E-state index contributed by atoms with van der Waals surface area (Å²) in [5, 5.41) is 11.0. The van der Waals surface area contributed by atoms with Gasteiger partial charge in [-0.05, 0) is 6.92 Å². The normalized spacial score (nSPS) is 19.8. The molecule has 12 heavy (non-hydrogen) atoms. The largest absolute Gasteiger partial charge is 0.337 e. The first kappa shape index (κ1) is 8.53. The standard InChI is InChI=1S/C7H9N3O2/c1-5(4-8)10-6(11)2-3-9-7(10)12/h5H,2-3H2,1H3,(H,9,12). The fraction of sp³-hybridized carbons (Fsp3) is 0.571. The molecule has 5 nitrogen and oxygen atoms in total. The number of carbonyl (C=O) groups is 2. The molecular formula is C7H9N3O2. The molecule has 3 amide bonds. The third kappa shape index (κ3) is 1.37. The van der Waals surface area contributed by atoms with E-state index in [4.69, 9.17) is 5.26 Å². The molecule has 1 N–H and O–H groups in total. The molecule has 5 heteroatoms. The number of hydrogen-bond acceptors (Lipinski definition) is 3. The van der Waals surface area contributed by atoms with Crippen LogP contribution in [0.4, 0.5) is 4.79 Å². The van der Waals surface area contributed by atoms with Crippen molar-refractivity contribution in [3.8, 4) is 6.07 Å². The molecule has 1 unspecified atom stereocenters. The van der Waals surface area contributed by atoms with E-state index in [1.807, 2.05) is 6.07 Å². The van der Waals surface area contributed by atoms with Crippen LogP contribution in [0.3, 0.4) is 0 Å². The maximum atomic E-state index is 11.1. The van der Waals surface area contributed by atoms with Gasteiger partial charge in [-0.2, -0.15) is 5.26 Å². The third-order valence-corrected chi connectivity index (χ3v) is 1.68. The van der Waals surface area contributed by atoms with E-state index in [9.17, 15) is 9.59 Å². The van der Waals surface area contributed by atoms with Crippen molar-refractivity contribution >= 4 is 11.9 Å². The zero-order valence-electron chi connectivity index (χ0n) is 6.70. The third-order valence-electron chi connectivity index (χ3n) is 1.68. The van der Waals surface area contributed by atoms with E-state index in [0.717, 1.165) is 4.90 Å². The van der Waals surface area contributed by atoms with Crippen LogP contribution >= 0.6 is 0 Å². The van der Waals surface area contributed by atoms with E-state index in [2.05, 4.69) is 5.32 Å². The molecule has 1 fully saturated rings. The highest BCUT2D eigenvalue weighted by molar-refractivity contribution is 5.97. The second kappa shape index (κ2) is 3.22.